The first-order valence-electron chi connectivity index (χ1n) is 9.05. The highest BCUT2D eigenvalue weighted by Crippen LogP contribution is 2.40. The fourth-order valence-corrected chi connectivity index (χ4v) is 4.17. The molecule has 3 rings (SSSR count). The van der Waals surface area contributed by atoms with E-state index in [-0.39, 0.29) is 5.41 Å². The molecule has 2 heterocycles. The van der Waals surface area contributed by atoms with Crippen LogP contribution < -0.4 is 5.32 Å². The van der Waals surface area contributed by atoms with Crippen molar-refractivity contribution in [2.45, 2.75) is 51.4 Å². The Balaban J connectivity index is 1.57. The molecule has 3 heteroatoms. The maximum absolute atomic E-state index is 12.8. The van der Waals surface area contributed by atoms with E-state index in [0.717, 1.165) is 26.2 Å². The van der Waals surface area contributed by atoms with Gasteiger partial charge in [-0.2, -0.15) is 0 Å². The molecule has 1 amide bonds. The zero-order chi connectivity index (χ0) is 16.3. The number of benzene rings is 1. The normalized spacial score (nSPS) is 21.4. The molecule has 1 spiro atoms. The Morgan fingerprint density at radius 2 is 1.70 bits per heavy atom. The number of amides is 1. The second-order valence-electron chi connectivity index (χ2n) is 8.06. The van der Waals surface area contributed by atoms with E-state index in [0.29, 0.717) is 17.7 Å². The number of hydrogen-bond donors (Lipinski definition) is 1. The third-order valence-corrected chi connectivity index (χ3v) is 5.99. The van der Waals surface area contributed by atoms with Crippen molar-refractivity contribution in [2.24, 2.45) is 5.41 Å². The van der Waals surface area contributed by atoms with E-state index in [4.69, 9.17) is 0 Å². The largest absolute Gasteiger partial charge is 0.343 e. The lowest BCUT2D eigenvalue weighted by atomic mass is 9.71. The van der Waals surface area contributed by atoms with E-state index in [1.54, 1.807) is 0 Å². The summed E-state index contributed by atoms with van der Waals surface area (Å²) in [6.45, 7) is 8.55. The minimum absolute atomic E-state index is 0.0950. The van der Waals surface area contributed by atoms with Crippen LogP contribution in [0.4, 0.5) is 0 Å². The van der Waals surface area contributed by atoms with Crippen LogP contribution >= 0.6 is 0 Å². The highest BCUT2D eigenvalue weighted by Gasteiger charge is 2.37. The van der Waals surface area contributed by atoms with Gasteiger partial charge in [0.2, 0.25) is 5.91 Å². The van der Waals surface area contributed by atoms with Crippen LogP contribution in [0.5, 0.6) is 0 Å². The van der Waals surface area contributed by atoms with Gasteiger partial charge in [0.05, 0.1) is 0 Å². The Morgan fingerprint density at radius 1 is 1.09 bits per heavy atom. The second kappa shape index (κ2) is 6.64. The summed E-state index contributed by atoms with van der Waals surface area (Å²) in [7, 11) is 0. The Hall–Kier alpha value is -1.35. The summed E-state index contributed by atoms with van der Waals surface area (Å²) in [5.41, 5.74) is 1.67. The predicted molar refractivity (Wildman–Crippen MR) is 94.4 cm³/mol. The second-order valence-corrected chi connectivity index (χ2v) is 8.06. The summed E-state index contributed by atoms with van der Waals surface area (Å²) in [5, 5.41) is 3.46. The fraction of sp³-hybridized carbons (Fsp3) is 0.650. The molecule has 0 aromatic heterocycles. The zero-order valence-corrected chi connectivity index (χ0v) is 14.6. The van der Waals surface area contributed by atoms with E-state index >= 15 is 0 Å². The molecular formula is C20H30N2O. The van der Waals surface area contributed by atoms with Gasteiger partial charge in [0.1, 0.15) is 0 Å². The molecule has 0 radical (unpaired) electrons. The van der Waals surface area contributed by atoms with Crippen molar-refractivity contribution < 1.29 is 4.79 Å². The van der Waals surface area contributed by atoms with Crippen molar-refractivity contribution >= 4 is 5.91 Å². The van der Waals surface area contributed by atoms with Crippen LogP contribution in [0.1, 0.15) is 51.5 Å². The van der Waals surface area contributed by atoms with Crippen molar-refractivity contribution in [1.82, 2.24) is 10.2 Å². The number of piperidine rings is 2. The molecule has 126 valence electrons. The third-order valence-electron chi connectivity index (χ3n) is 5.99. The summed E-state index contributed by atoms with van der Waals surface area (Å²) >= 11 is 0. The molecule has 1 N–H and O–H groups in total. The van der Waals surface area contributed by atoms with Gasteiger partial charge in [-0.1, -0.05) is 44.2 Å². The Bertz CT molecular complexity index is 522. The number of carbonyl (C=O) groups is 1. The Kier molecular flexibility index (Phi) is 4.77. The first-order chi connectivity index (χ1) is 11.0. The molecule has 0 atom stereocenters. The third kappa shape index (κ3) is 3.77. The molecule has 3 nitrogen and oxygen atoms in total. The van der Waals surface area contributed by atoms with Crippen LogP contribution in [0.3, 0.4) is 0 Å². The summed E-state index contributed by atoms with van der Waals surface area (Å²) in [6.07, 6.45) is 5.54. The highest BCUT2D eigenvalue weighted by molar-refractivity contribution is 5.77. The number of rotatable bonds is 3. The highest BCUT2D eigenvalue weighted by atomic mass is 16.2. The van der Waals surface area contributed by atoms with Crippen molar-refractivity contribution in [3.63, 3.8) is 0 Å². The van der Waals surface area contributed by atoms with E-state index in [1.165, 1.54) is 31.2 Å². The summed E-state index contributed by atoms with van der Waals surface area (Å²) < 4.78 is 0. The number of nitrogens with one attached hydrogen (secondary N) is 1. The molecule has 0 unspecified atom stereocenters. The summed E-state index contributed by atoms with van der Waals surface area (Å²) in [6, 6.07) is 10.4. The van der Waals surface area contributed by atoms with Gasteiger partial charge in [-0.05, 0) is 55.2 Å². The average Bonchev–Trinajstić information content (AvgIpc) is 2.56. The van der Waals surface area contributed by atoms with Gasteiger partial charge in [0.15, 0.2) is 0 Å². The van der Waals surface area contributed by atoms with Gasteiger partial charge in [0, 0.05) is 19.5 Å². The maximum Gasteiger partial charge on any atom is 0.223 e. The maximum atomic E-state index is 12.8. The zero-order valence-electron chi connectivity index (χ0n) is 14.6. The quantitative estimate of drug-likeness (QED) is 0.928. The van der Waals surface area contributed by atoms with E-state index < -0.39 is 0 Å². The summed E-state index contributed by atoms with van der Waals surface area (Å²) in [5.74, 6) is 0.322. The van der Waals surface area contributed by atoms with Gasteiger partial charge in [0.25, 0.3) is 0 Å². The van der Waals surface area contributed by atoms with Crippen LogP contribution in [0, 0.1) is 5.41 Å². The topological polar surface area (TPSA) is 32.3 Å². The van der Waals surface area contributed by atoms with Crippen molar-refractivity contribution in [1.29, 1.82) is 0 Å². The number of nitrogens with zero attached hydrogens (tertiary/aromatic N) is 1. The van der Waals surface area contributed by atoms with E-state index in [1.807, 2.05) is 6.07 Å². The number of likely N-dealkylation sites (tertiary alicyclic amines) is 1. The smallest absolute Gasteiger partial charge is 0.223 e. The minimum Gasteiger partial charge on any atom is -0.343 e. The molecule has 23 heavy (non-hydrogen) atoms. The summed E-state index contributed by atoms with van der Waals surface area (Å²) in [4.78, 5) is 14.9. The Labute approximate surface area is 140 Å². The number of hydrogen-bond acceptors (Lipinski definition) is 2. The Morgan fingerprint density at radius 3 is 2.30 bits per heavy atom. The van der Waals surface area contributed by atoms with Gasteiger partial charge < -0.3 is 10.2 Å². The van der Waals surface area contributed by atoms with E-state index in [2.05, 4.69) is 48.3 Å². The van der Waals surface area contributed by atoms with Crippen molar-refractivity contribution in [2.75, 3.05) is 26.2 Å². The molecule has 1 aromatic rings. The van der Waals surface area contributed by atoms with E-state index in [9.17, 15) is 4.79 Å². The van der Waals surface area contributed by atoms with Gasteiger partial charge >= 0.3 is 0 Å². The molecule has 0 aliphatic carbocycles. The number of carbonyl (C=O) groups excluding carboxylic acids is 1. The molecule has 2 fully saturated rings. The lowest BCUT2D eigenvalue weighted by Crippen LogP contribution is -2.48. The molecule has 1 aromatic carbocycles. The molecule has 0 bridgehead atoms. The molecule has 2 aliphatic heterocycles. The lowest BCUT2D eigenvalue weighted by Gasteiger charge is -2.45. The standard InChI is InChI=1S/C20H30N2O/c1-19(2,17-6-4-3-5-7-17)16-18(23)22-14-10-20(11-15-22)8-12-21-13-9-20/h3-7,21H,8-16H2,1-2H3. The van der Waals surface area contributed by atoms with Crippen molar-refractivity contribution in [3.05, 3.63) is 35.9 Å². The van der Waals surface area contributed by atoms with Crippen LogP contribution in [-0.4, -0.2) is 37.0 Å². The first-order valence-corrected chi connectivity index (χ1v) is 9.05. The molecule has 0 saturated carbocycles. The average molecular weight is 314 g/mol. The monoisotopic (exact) mass is 314 g/mol. The van der Waals surface area contributed by atoms with Gasteiger partial charge in [-0.25, -0.2) is 0 Å². The van der Waals surface area contributed by atoms with Crippen LogP contribution in [0.15, 0.2) is 30.3 Å². The fourth-order valence-electron chi connectivity index (χ4n) is 4.17. The van der Waals surface area contributed by atoms with Gasteiger partial charge in [-0.15, -0.1) is 0 Å². The van der Waals surface area contributed by atoms with Crippen LogP contribution in [0.25, 0.3) is 0 Å². The minimum atomic E-state index is -0.0950. The van der Waals surface area contributed by atoms with Crippen LogP contribution in [-0.2, 0) is 10.2 Å². The molecule has 2 aliphatic rings. The van der Waals surface area contributed by atoms with Crippen LogP contribution in [0.2, 0.25) is 0 Å². The lowest BCUT2D eigenvalue weighted by molar-refractivity contribution is -0.135. The first kappa shape index (κ1) is 16.5. The predicted octanol–water partition coefficient (Wildman–Crippen LogP) is 3.35. The molecular weight excluding hydrogens is 284 g/mol. The van der Waals surface area contributed by atoms with Gasteiger partial charge in [-0.3, -0.25) is 4.79 Å². The van der Waals surface area contributed by atoms with Crippen molar-refractivity contribution in [3.8, 4) is 0 Å². The molecule has 2 saturated heterocycles. The SMILES string of the molecule is CC(C)(CC(=O)N1CCC2(CCNCC2)CC1)c1ccccc1.